The summed E-state index contributed by atoms with van der Waals surface area (Å²) in [5.41, 5.74) is 2.10. The second-order valence-corrected chi connectivity index (χ2v) is 9.11. The molecule has 1 aliphatic heterocycles. The Morgan fingerprint density at radius 2 is 2.07 bits per heavy atom. The number of hydrogen-bond acceptors (Lipinski definition) is 4. The lowest BCUT2D eigenvalue weighted by atomic mass is 9.98. The Balaban J connectivity index is 1.71. The van der Waals surface area contributed by atoms with E-state index in [-0.39, 0.29) is 29.6 Å². The van der Waals surface area contributed by atoms with Crippen molar-refractivity contribution < 1.29 is 22.3 Å². The molecule has 0 aliphatic carbocycles. The van der Waals surface area contributed by atoms with Gasteiger partial charge in [0.05, 0.1) is 13.0 Å². The largest absolute Gasteiger partial charge is 0.495 e. The Morgan fingerprint density at radius 1 is 1.28 bits per heavy atom. The fourth-order valence-corrected chi connectivity index (χ4v) is 5.21. The smallest absolute Gasteiger partial charge is 0.246 e. The first-order valence-electron chi connectivity index (χ1n) is 9.48. The van der Waals surface area contributed by atoms with Gasteiger partial charge in [-0.2, -0.15) is 4.31 Å². The maximum atomic E-state index is 13.7. The highest BCUT2D eigenvalue weighted by Crippen LogP contribution is 2.30. The third-order valence-electron chi connectivity index (χ3n) is 5.05. The zero-order chi connectivity index (χ0) is 21.0. The third kappa shape index (κ3) is 4.94. The molecule has 0 bridgehead atoms. The van der Waals surface area contributed by atoms with E-state index in [1.807, 2.05) is 31.2 Å². The van der Waals surface area contributed by atoms with Crippen LogP contribution in [0.15, 0.2) is 47.4 Å². The summed E-state index contributed by atoms with van der Waals surface area (Å²) < 4.78 is 46.1. The van der Waals surface area contributed by atoms with E-state index in [0.29, 0.717) is 19.4 Å². The number of rotatable bonds is 6. The molecule has 0 radical (unpaired) electrons. The molecule has 1 atom stereocenters. The van der Waals surface area contributed by atoms with Gasteiger partial charge in [0.15, 0.2) is 0 Å². The van der Waals surface area contributed by atoms with Gasteiger partial charge in [-0.15, -0.1) is 0 Å². The van der Waals surface area contributed by atoms with Crippen LogP contribution in [0.25, 0.3) is 0 Å². The van der Waals surface area contributed by atoms with Gasteiger partial charge in [0, 0.05) is 19.6 Å². The second-order valence-electron chi connectivity index (χ2n) is 7.20. The minimum absolute atomic E-state index is 0.0572. The molecule has 1 heterocycles. The molecular weight excluding hydrogens is 395 g/mol. The van der Waals surface area contributed by atoms with Crippen molar-refractivity contribution in [3.63, 3.8) is 0 Å². The van der Waals surface area contributed by atoms with E-state index in [0.717, 1.165) is 23.3 Å². The third-order valence-corrected chi connectivity index (χ3v) is 6.93. The lowest BCUT2D eigenvalue weighted by Gasteiger charge is -2.31. The van der Waals surface area contributed by atoms with E-state index in [1.54, 1.807) is 0 Å². The maximum absolute atomic E-state index is 13.7. The zero-order valence-electron chi connectivity index (χ0n) is 16.5. The van der Waals surface area contributed by atoms with Crippen molar-refractivity contribution in [3.8, 4) is 5.75 Å². The van der Waals surface area contributed by atoms with Crippen molar-refractivity contribution in [1.82, 2.24) is 9.62 Å². The van der Waals surface area contributed by atoms with E-state index < -0.39 is 21.8 Å². The van der Waals surface area contributed by atoms with Crippen LogP contribution in [0.4, 0.5) is 4.39 Å². The summed E-state index contributed by atoms with van der Waals surface area (Å²) in [5.74, 6) is -1.22. The van der Waals surface area contributed by atoms with Crippen molar-refractivity contribution >= 4 is 15.9 Å². The monoisotopic (exact) mass is 420 g/mol. The molecule has 8 heteroatoms. The lowest BCUT2D eigenvalue weighted by molar-refractivity contribution is -0.126. The summed E-state index contributed by atoms with van der Waals surface area (Å²) in [7, 11) is -2.64. The summed E-state index contributed by atoms with van der Waals surface area (Å²) in [6.45, 7) is 2.71. The van der Waals surface area contributed by atoms with Crippen molar-refractivity contribution in [2.45, 2.75) is 31.2 Å². The molecule has 1 fully saturated rings. The maximum Gasteiger partial charge on any atom is 0.246 e. The molecule has 156 valence electrons. The number of piperidine rings is 1. The minimum atomic E-state index is -3.98. The molecule has 2 aromatic rings. The first-order chi connectivity index (χ1) is 13.8. The number of nitrogens with zero attached hydrogens (tertiary/aromatic N) is 1. The van der Waals surface area contributed by atoms with E-state index in [4.69, 9.17) is 4.74 Å². The Hall–Kier alpha value is -2.45. The van der Waals surface area contributed by atoms with Crippen LogP contribution in [-0.4, -0.2) is 38.8 Å². The highest BCUT2D eigenvalue weighted by molar-refractivity contribution is 7.89. The summed E-state index contributed by atoms with van der Waals surface area (Å²) in [5, 5.41) is 2.89. The van der Waals surface area contributed by atoms with Gasteiger partial charge in [-0.1, -0.05) is 29.8 Å². The fourth-order valence-electron chi connectivity index (χ4n) is 3.52. The van der Waals surface area contributed by atoms with E-state index in [1.165, 1.54) is 17.5 Å². The Morgan fingerprint density at radius 3 is 2.79 bits per heavy atom. The minimum Gasteiger partial charge on any atom is -0.495 e. The number of benzene rings is 2. The Kier molecular flexibility index (Phi) is 6.54. The number of nitrogens with one attached hydrogen (secondary N) is 1. The summed E-state index contributed by atoms with van der Waals surface area (Å²) >= 11 is 0. The van der Waals surface area contributed by atoms with Crippen LogP contribution in [0, 0.1) is 18.7 Å². The van der Waals surface area contributed by atoms with Gasteiger partial charge in [-0.25, -0.2) is 12.8 Å². The molecule has 1 saturated heterocycles. The highest BCUT2D eigenvalue weighted by atomic mass is 32.2. The number of ether oxygens (including phenoxy) is 1. The van der Waals surface area contributed by atoms with Crippen LogP contribution < -0.4 is 10.1 Å². The van der Waals surface area contributed by atoms with Crippen molar-refractivity contribution in [3.05, 3.63) is 59.4 Å². The van der Waals surface area contributed by atoms with E-state index in [2.05, 4.69) is 5.32 Å². The van der Waals surface area contributed by atoms with Gasteiger partial charge in [-0.3, -0.25) is 4.79 Å². The lowest BCUT2D eigenvalue weighted by Crippen LogP contribution is -2.45. The first-order valence-corrected chi connectivity index (χ1v) is 10.9. The number of halogens is 1. The normalized spacial score (nSPS) is 17.7. The predicted molar refractivity (Wildman–Crippen MR) is 107 cm³/mol. The van der Waals surface area contributed by atoms with Crippen LogP contribution >= 0.6 is 0 Å². The molecule has 0 unspecified atom stereocenters. The van der Waals surface area contributed by atoms with Crippen LogP contribution in [0.5, 0.6) is 5.75 Å². The number of sulfonamides is 1. The number of aryl methyl sites for hydroxylation is 1. The molecule has 2 aromatic carbocycles. The topological polar surface area (TPSA) is 75.7 Å². The van der Waals surface area contributed by atoms with Crippen LogP contribution in [0.3, 0.4) is 0 Å². The molecule has 29 heavy (non-hydrogen) atoms. The highest BCUT2D eigenvalue weighted by Gasteiger charge is 2.35. The number of hydrogen-bond donors (Lipinski definition) is 1. The van der Waals surface area contributed by atoms with Gasteiger partial charge in [0.1, 0.15) is 16.5 Å². The molecule has 0 saturated carbocycles. The molecular formula is C21H25FN2O4S. The van der Waals surface area contributed by atoms with E-state index >= 15 is 0 Å². The summed E-state index contributed by atoms with van der Waals surface area (Å²) in [6.07, 6.45) is 1.16. The molecule has 6 nitrogen and oxygen atoms in total. The quantitative estimate of drug-likeness (QED) is 0.780. The van der Waals surface area contributed by atoms with Gasteiger partial charge in [0.25, 0.3) is 0 Å². The van der Waals surface area contributed by atoms with Crippen molar-refractivity contribution in [2.24, 2.45) is 5.92 Å². The zero-order valence-corrected chi connectivity index (χ0v) is 17.3. The van der Waals surface area contributed by atoms with Crippen molar-refractivity contribution in [2.75, 3.05) is 20.2 Å². The second kappa shape index (κ2) is 8.92. The van der Waals surface area contributed by atoms with Crippen LogP contribution in [0.1, 0.15) is 24.0 Å². The Bertz CT molecular complexity index is 994. The first kappa shape index (κ1) is 21.3. The van der Waals surface area contributed by atoms with E-state index in [9.17, 15) is 17.6 Å². The number of methoxy groups -OCH3 is 1. The predicted octanol–water partition coefficient (Wildman–Crippen LogP) is 2.86. The average molecular weight is 421 g/mol. The molecule has 1 aliphatic rings. The molecule has 1 N–H and O–H groups in total. The summed E-state index contributed by atoms with van der Waals surface area (Å²) in [4.78, 5) is 12.4. The molecule has 1 amide bonds. The standard InChI is InChI=1S/C21H25FN2O4S/c1-15-5-3-6-16(11-15)13-23-21(25)17-7-4-10-24(14-17)29(26,27)20-12-18(22)8-9-19(20)28-2/h3,5-6,8-9,11-12,17H,4,7,10,13-14H2,1-2H3,(H,23,25)/t17-/m0/s1. The van der Waals surface area contributed by atoms with Crippen LogP contribution in [-0.2, 0) is 21.4 Å². The molecule has 0 spiro atoms. The number of carbonyl (C=O) groups excluding carboxylic acids is 1. The van der Waals surface area contributed by atoms with Gasteiger partial charge in [0.2, 0.25) is 15.9 Å². The van der Waals surface area contributed by atoms with Gasteiger partial charge < -0.3 is 10.1 Å². The number of carbonyl (C=O) groups is 1. The summed E-state index contributed by atoms with van der Waals surface area (Å²) in [6, 6.07) is 11.2. The molecule has 3 rings (SSSR count). The fraction of sp³-hybridized carbons (Fsp3) is 0.381. The van der Waals surface area contributed by atoms with Crippen molar-refractivity contribution in [1.29, 1.82) is 0 Å². The average Bonchev–Trinajstić information content (AvgIpc) is 2.72. The molecule has 0 aromatic heterocycles. The Labute approximate surface area is 170 Å². The van der Waals surface area contributed by atoms with Gasteiger partial charge >= 0.3 is 0 Å². The SMILES string of the molecule is COc1ccc(F)cc1S(=O)(=O)N1CCC[C@H](C(=O)NCc2cccc(C)c2)C1. The van der Waals surface area contributed by atoms with Gasteiger partial charge in [-0.05, 0) is 43.5 Å². The number of amides is 1. The van der Waals surface area contributed by atoms with Crippen LogP contribution in [0.2, 0.25) is 0 Å².